The Balaban J connectivity index is 1.28. The molecule has 168 valence electrons. The van der Waals surface area contributed by atoms with Crippen molar-refractivity contribution in [3.63, 3.8) is 0 Å². The van der Waals surface area contributed by atoms with Crippen LogP contribution in [0.5, 0.6) is 0 Å². The molecule has 0 spiro atoms. The molecule has 2 aromatic heterocycles. The van der Waals surface area contributed by atoms with Gasteiger partial charge in [-0.1, -0.05) is 18.2 Å². The number of piperidine rings is 1. The van der Waals surface area contributed by atoms with E-state index < -0.39 is 0 Å². The summed E-state index contributed by atoms with van der Waals surface area (Å²) in [5.41, 5.74) is 3.47. The number of pyridine rings is 1. The largest absolute Gasteiger partial charge is 0.350 e. The van der Waals surface area contributed by atoms with Crippen molar-refractivity contribution in [1.29, 1.82) is 0 Å². The number of hydrogen-bond acceptors (Lipinski definition) is 5. The summed E-state index contributed by atoms with van der Waals surface area (Å²) >= 11 is 0. The summed E-state index contributed by atoms with van der Waals surface area (Å²) in [6.45, 7) is 5.55. The standard InChI is InChI=1S/C26H33N5O/c1-19-23-10-6-14-31(18-22-9-4-5-13-27-22)26(23)29-25(28-19)21-11-15-30(16-12-21)24(32)17-20-7-2-3-8-20/h2,4-5,7,9,13,20-21H,3,6,8,10-12,14-18H2,1H3. The summed E-state index contributed by atoms with van der Waals surface area (Å²) in [7, 11) is 0. The van der Waals surface area contributed by atoms with E-state index in [9.17, 15) is 4.79 Å². The van der Waals surface area contributed by atoms with Crippen LogP contribution >= 0.6 is 0 Å². The van der Waals surface area contributed by atoms with Gasteiger partial charge in [-0.3, -0.25) is 9.78 Å². The maximum atomic E-state index is 12.7. The summed E-state index contributed by atoms with van der Waals surface area (Å²) in [6.07, 6.45) is 13.2. The van der Waals surface area contributed by atoms with Crippen molar-refractivity contribution in [3.8, 4) is 0 Å². The third-order valence-corrected chi connectivity index (χ3v) is 7.20. The van der Waals surface area contributed by atoms with E-state index in [1.165, 1.54) is 5.56 Å². The predicted octanol–water partition coefficient (Wildman–Crippen LogP) is 4.20. The van der Waals surface area contributed by atoms with Crippen molar-refractivity contribution in [2.24, 2.45) is 5.92 Å². The number of likely N-dealkylation sites (tertiary alicyclic amines) is 1. The lowest BCUT2D eigenvalue weighted by Gasteiger charge is -2.34. The second-order valence-electron chi connectivity index (χ2n) is 9.44. The molecule has 3 aliphatic rings. The van der Waals surface area contributed by atoms with Gasteiger partial charge in [0.15, 0.2) is 0 Å². The minimum atomic E-state index is 0.309. The van der Waals surface area contributed by atoms with Crippen molar-refractivity contribution in [1.82, 2.24) is 19.9 Å². The molecule has 2 aliphatic heterocycles. The van der Waals surface area contributed by atoms with Crippen LogP contribution in [-0.2, 0) is 17.8 Å². The molecule has 5 rings (SSSR count). The van der Waals surface area contributed by atoms with Crippen LogP contribution in [-0.4, -0.2) is 45.4 Å². The van der Waals surface area contributed by atoms with Crippen molar-refractivity contribution in [2.75, 3.05) is 24.5 Å². The summed E-state index contributed by atoms with van der Waals surface area (Å²) in [4.78, 5) is 31.7. The SMILES string of the molecule is Cc1nc(C2CCN(C(=O)CC3C=CCC3)CC2)nc2c1CCCN2Cc1ccccn1. The van der Waals surface area contributed by atoms with Crippen LogP contribution < -0.4 is 4.90 Å². The van der Waals surface area contributed by atoms with E-state index in [-0.39, 0.29) is 0 Å². The Bertz CT molecular complexity index is 981. The molecule has 1 unspecified atom stereocenters. The van der Waals surface area contributed by atoms with Crippen LogP contribution in [0.25, 0.3) is 0 Å². The van der Waals surface area contributed by atoms with Crippen molar-refractivity contribution >= 4 is 11.7 Å². The maximum Gasteiger partial charge on any atom is 0.223 e. The number of hydrogen-bond donors (Lipinski definition) is 0. The van der Waals surface area contributed by atoms with Crippen LogP contribution in [0.15, 0.2) is 36.5 Å². The highest BCUT2D eigenvalue weighted by Crippen LogP contribution is 2.33. The average Bonchev–Trinajstić information content (AvgIpc) is 3.33. The fourth-order valence-corrected chi connectivity index (χ4v) is 5.34. The van der Waals surface area contributed by atoms with E-state index in [2.05, 4.69) is 39.9 Å². The zero-order valence-corrected chi connectivity index (χ0v) is 19.0. The van der Waals surface area contributed by atoms with Crippen LogP contribution in [0.4, 0.5) is 5.82 Å². The fraction of sp³-hybridized carbons (Fsp3) is 0.538. The third-order valence-electron chi connectivity index (χ3n) is 7.20. The molecule has 6 nitrogen and oxygen atoms in total. The van der Waals surface area contributed by atoms with Gasteiger partial charge in [-0.25, -0.2) is 9.97 Å². The van der Waals surface area contributed by atoms with Gasteiger partial charge in [0.05, 0.1) is 12.2 Å². The van der Waals surface area contributed by atoms with Gasteiger partial charge in [0.2, 0.25) is 5.91 Å². The first-order chi connectivity index (χ1) is 15.7. The molecule has 0 bridgehead atoms. The normalized spacial score (nSPS) is 21.1. The summed E-state index contributed by atoms with van der Waals surface area (Å²) in [6, 6.07) is 6.08. The van der Waals surface area contributed by atoms with Crippen molar-refractivity contribution in [2.45, 2.75) is 64.3 Å². The first kappa shape index (κ1) is 21.1. The summed E-state index contributed by atoms with van der Waals surface area (Å²) in [5, 5.41) is 0. The molecule has 1 atom stereocenters. The second-order valence-corrected chi connectivity index (χ2v) is 9.44. The van der Waals surface area contributed by atoms with Crippen LogP contribution in [0.1, 0.15) is 67.2 Å². The Morgan fingerprint density at radius 2 is 2.00 bits per heavy atom. The number of amides is 1. The molecule has 1 saturated heterocycles. The van der Waals surface area contributed by atoms with E-state index in [0.29, 0.717) is 24.2 Å². The zero-order chi connectivity index (χ0) is 21.9. The predicted molar refractivity (Wildman–Crippen MR) is 125 cm³/mol. The fourth-order valence-electron chi connectivity index (χ4n) is 5.34. The maximum absolute atomic E-state index is 12.7. The molecule has 0 saturated carbocycles. The number of carbonyl (C=O) groups is 1. The van der Waals surface area contributed by atoms with Gasteiger partial charge in [0.1, 0.15) is 11.6 Å². The highest BCUT2D eigenvalue weighted by molar-refractivity contribution is 5.76. The monoisotopic (exact) mass is 431 g/mol. The lowest BCUT2D eigenvalue weighted by Crippen LogP contribution is -2.39. The molecular weight excluding hydrogens is 398 g/mol. The molecule has 6 heteroatoms. The van der Waals surface area contributed by atoms with Gasteiger partial charge in [-0.05, 0) is 63.5 Å². The lowest BCUT2D eigenvalue weighted by atomic mass is 9.94. The molecule has 32 heavy (non-hydrogen) atoms. The molecule has 1 amide bonds. The molecule has 0 radical (unpaired) electrons. The van der Waals surface area contributed by atoms with Crippen LogP contribution in [0.3, 0.4) is 0 Å². The topological polar surface area (TPSA) is 62.2 Å². The number of fused-ring (bicyclic) bond motifs is 1. The minimum absolute atomic E-state index is 0.309. The summed E-state index contributed by atoms with van der Waals surface area (Å²) in [5.74, 6) is 3.13. The summed E-state index contributed by atoms with van der Waals surface area (Å²) < 4.78 is 0. The second kappa shape index (κ2) is 9.39. The smallest absolute Gasteiger partial charge is 0.223 e. The Kier molecular flexibility index (Phi) is 6.19. The number of rotatable bonds is 5. The van der Waals surface area contributed by atoms with Gasteiger partial charge in [0.25, 0.3) is 0 Å². The van der Waals surface area contributed by atoms with E-state index >= 15 is 0 Å². The third kappa shape index (κ3) is 4.54. The molecule has 4 heterocycles. The number of aromatic nitrogens is 3. The first-order valence-electron chi connectivity index (χ1n) is 12.1. The van der Waals surface area contributed by atoms with Crippen LogP contribution in [0.2, 0.25) is 0 Å². The highest BCUT2D eigenvalue weighted by atomic mass is 16.2. The number of carbonyl (C=O) groups excluding carboxylic acids is 1. The van der Waals surface area contributed by atoms with Gasteiger partial charge in [-0.15, -0.1) is 0 Å². The molecule has 2 aromatic rings. The Hall–Kier alpha value is -2.76. The number of aryl methyl sites for hydroxylation is 1. The lowest BCUT2D eigenvalue weighted by molar-refractivity contribution is -0.132. The average molecular weight is 432 g/mol. The van der Waals surface area contributed by atoms with E-state index in [4.69, 9.17) is 9.97 Å². The zero-order valence-electron chi connectivity index (χ0n) is 19.0. The Morgan fingerprint density at radius 1 is 1.12 bits per heavy atom. The molecule has 1 fully saturated rings. The van der Waals surface area contributed by atoms with Gasteiger partial charge in [-0.2, -0.15) is 0 Å². The molecular formula is C26H33N5O. The minimum Gasteiger partial charge on any atom is -0.350 e. The van der Waals surface area contributed by atoms with E-state index in [1.54, 1.807) is 0 Å². The van der Waals surface area contributed by atoms with Gasteiger partial charge in [0, 0.05) is 49.4 Å². The van der Waals surface area contributed by atoms with Gasteiger partial charge >= 0.3 is 0 Å². The van der Waals surface area contributed by atoms with E-state index in [0.717, 1.165) is 87.7 Å². The number of anilines is 1. The number of nitrogens with zero attached hydrogens (tertiary/aromatic N) is 5. The number of allylic oxidation sites excluding steroid dienone is 2. The Labute approximate surface area is 190 Å². The van der Waals surface area contributed by atoms with E-state index in [1.807, 2.05) is 18.3 Å². The van der Waals surface area contributed by atoms with Gasteiger partial charge < -0.3 is 9.80 Å². The van der Waals surface area contributed by atoms with Crippen LogP contribution in [0, 0.1) is 12.8 Å². The molecule has 0 N–H and O–H groups in total. The molecule has 0 aromatic carbocycles. The first-order valence-corrected chi connectivity index (χ1v) is 12.1. The molecule has 1 aliphatic carbocycles. The quantitative estimate of drug-likeness (QED) is 0.664. The highest BCUT2D eigenvalue weighted by Gasteiger charge is 2.29. The van der Waals surface area contributed by atoms with Crippen molar-refractivity contribution < 1.29 is 4.79 Å². The van der Waals surface area contributed by atoms with Crippen molar-refractivity contribution in [3.05, 3.63) is 59.3 Å². The Morgan fingerprint density at radius 3 is 2.75 bits per heavy atom.